The lowest BCUT2D eigenvalue weighted by Crippen LogP contribution is -2.08. The molecule has 156 valence electrons. The minimum atomic E-state index is -0.485. The van der Waals surface area contributed by atoms with Crippen molar-refractivity contribution in [2.75, 3.05) is 14.2 Å². The third-order valence-electron chi connectivity index (χ3n) is 4.58. The monoisotopic (exact) mass is 404 g/mol. The topological polar surface area (TPSA) is 52.6 Å². The summed E-state index contributed by atoms with van der Waals surface area (Å²) in [5.74, 6) is -0.969. The molecule has 0 bridgehead atoms. The van der Waals surface area contributed by atoms with Gasteiger partial charge >= 0.3 is 11.9 Å². The van der Waals surface area contributed by atoms with Crippen LogP contribution in [0.5, 0.6) is 0 Å². The summed E-state index contributed by atoms with van der Waals surface area (Å²) in [5.41, 5.74) is 6.11. The third kappa shape index (κ3) is 5.80. The van der Waals surface area contributed by atoms with Gasteiger partial charge in [0, 0.05) is 0 Å². The van der Waals surface area contributed by atoms with Crippen LogP contribution in [0.3, 0.4) is 0 Å². The van der Waals surface area contributed by atoms with Crippen molar-refractivity contribution in [3.05, 3.63) is 94.5 Å². The van der Waals surface area contributed by atoms with Gasteiger partial charge in [0.1, 0.15) is 0 Å². The van der Waals surface area contributed by atoms with E-state index in [4.69, 9.17) is 9.47 Å². The van der Waals surface area contributed by atoms with Crippen LogP contribution in [0.2, 0.25) is 0 Å². The van der Waals surface area contributed by atoms with Crippen LogP contribution < -0.4 is 0 Å². The van der Waals surface area contributed by atoms with Gasteiger partial charge in [-0.3, -0.25) is 0 Å². The molecule has 0 aromatic heterocycles. The van der Waals surface area contributed by atoms with Crippen molar-refractivity contribution >= 4 is 11.9 Å². The van der Waals surface area contributed by atoms with E-state index in [0.29, 0.717) is 17.5 Å². The maximum absolute atomic E-state index is 11.9. The van der Waals surface area contributed by atoms with Crippen LogP contribution in [0.4, 0.5) is 0 Å². The van der Waals surface area contributed by atoms with E-state index < -0.39 is 11.9 Å². The number of esters is 2. The van der Waals surface area contributed by atoms with Crippen LogP contribution in [0, 0.1) is 6.92 Å². The fourth-order valence-corrected chi connectivity index (χ4v) is 3.06. The van der Waals surface area contributed by atoms with Gasteiger partial charge in [0.15, 0.2) is 0 Å². The zero-order chi connectivity index (χ0) is 22.1. The summed E-state index contributed by atoms with van der Waals surface area (Å²) in [6.45, 7) is 6.07. The number of carbonyl (C=O) groups excluding carboxylic acids is 2. The number of carbonyl (C=O) groups is 2. The van der Waals surface area contributed by atoms with Crippen molar-refractivity contribution in [1.29, 1.82) is 0 Å². The first-order chi connectivity index (χ1) is 14.5. The summed E-state index contributed by atoms with van der Waals surface area (Å²) >= 11 is 0. The molecule has 0 spiro atoms. The lowest BCUT2D eigenvalue weighted by Gasteiger charge is -2.09. The van der Waals surface area contributed by atoms with Gasteiger partial charge in [-0.05, 0) is 53.8 Å². The highest BCUT2D eigenvalue weighted by Gasteiger charge is 2.14. The molecule has 0 fully saturated rings. The average molecular weight is 405 g/mol. The van der Waals surface area contributed by atoms with Crippen molar-refractivity contribution < 1.29 is 19.1 Å². The van der Waals surface area contributed by atoms with Crippen LogP contribution in [-0.4, -0.2) is 26.2 Å². The third-order valence-corrected chi connectivity index (χ3v) is 4.58. The van der Waals surface area contributed by atoms with Gasteiger partial charge in [-0.15, -0.1) is 0 Å². The van der Waals surface area contributed by atoms with Crippen molar-refractivity contribution in [3.8, 4) is 11.1 Å². The van der Waals surface area contributed by atoms with Crippen molar-refractivity contribution in [3.63, 3.8) is 0 Å². The fraction of sp³-hybridized carbons (Fsp3) is 0.231. The molecule has 30 heavy (non-hydrogen) atoms. The maximum atomic E-state index is 11.9. The molecule has 3 rings (SSSR count). The Hall–Kier alpha value is -3.40. The molecule has 0 atom stereocenters. The van der Waals surface area contributed by atoms with Crippen LogP contribution in [-0.2, 0) is 15.9 Å². The molecule has 0 aliphatic heterocycles. The summed E-state index contributed by atoms with van der Waals surface area (Å²) in [4.78, 5) is 23.9. The molecule has 0 unspecified atom stereocenters. The van der Waals surface area contributed by atoms with Gasteiger partial charge in [0.2, 0.25) is 0 Å². The molecule has 0 aliphatic rings. The number of rotatable bonds is 5. The Morgan fingerprint density at radius 2 is 1.10 bits per heavy atom. The van der Waals surface area contributed by atoms with Crippen molar-refractivity contribution in [2.24, 2.45) is 0 Å². The highest BCUT2D eigenvalue weighted by atomic mass is 16.5. The maximum Gasteiger partial charge on any atom is 0.337 e. The lowest BCUT2D eigenvalue weighted by atomic mass is 9.97. The Morgan fingerprint density at radius 1 is 0.667 bits per heavy atom. The second-order valence-corrected chi connectivity index (χ2v) is 6.64. The highest BCUT2D eigenvalue weighted by molar-refractivity contribution is 5.95. The van der Waals surface area contributed by atoms with Gasteiger partial charge < -0.3 is 9.47 Å². The number of hydrogen-bond donors (Lipinski definition) is 0. The quantitative estimate of drug-likeness (QED) is 0.500. The molecule has 0 saturated heterocycles. The van der Waals surface area contributed by atoms with E-state index in [1.807, 2.05) is 13.8 Å². The van der Waals surface area contributed by atoms with E-state index in [1.165, 1.54) is 25.8 Å². The Balaban J connectivity index is 0.00000155. The predicted octanol–water partition coefficient (Wildman–Crippen LogP) is 5.85. The first kappa shape index (κ1) is 22.9. The smallest absolute Gasteiger partial charge is 0.337 e. The minimum absolute atomic E-state index is 0.330. The van der Waals surface area contributed by atoms with Gasteiger partial charge in [-0.25, -0.2) is 9.59 Å². The molecule has 0 amide bonds. The first-order valence-electron chi connectivity index (χ1n) is 9.96. The summed E-state index contributed by atoms with van der Waals surface area (Å²) in [6, 6.07) is 21.6. The van der Waals surface area contributed by atoms with Gasteiger partial charge in [-0.2, -0.15) is 0 Å². The van der Waals surface area contributed by atoms with Crippen molar-refractivity contribution in [2.45, 2.75) is 27.2 Å². The molecule has 0 heterocycles. The van der Waals surface area contributed by atoms with E-state index >= 15 is 0 Å². The molecule has 0 saturated carbocycles. The molecule has 3 aromatic carbocycles. The zero-order valence-corrected chi connectivity index (χ0v) is 18.2. The molecule has 3 aromatic rings. The molecular weight excluding hydrogens is 376 g/mol. The number of ether oxygens (including phenoxy) is 2. The fourth-order valence-electron chi connectivity index (χ4n) is 3.06. The van der Waals surface area contributed by atoms with E-state index in [9.17, 15) is 9.59 Å². The molecule has 0 aliphatic carbocycles. The van der Waals surface area contributed by atoms with Crippen LogP contribution >= 0.6 is 0 Å². The Labute approximate surface area is 178 Å². The minimum Gasteiger partial charge on any atom is -0.465 e. The molecule has 4 heteroatoms. The predicted molar refractivity (Wildman–Crippen MR) is 120 cm³/mol. The number of benzene rings is 3. The first-order valence-corrected chi connectivity index (χ1v) is 9.96. The lowest BCUT2D eigenvalue weighted by molar-refractivity contribution is 0.0599. The summed E-state index contributed by atoms with van der Waals surface area (Å²) < 4.78 is 9.58. The van der Waals surface area contributed by atoms with Gasteiger partial charge in [0.05, 0.1) is 25.3 Å². The average Bonchev–Trinajstić information content (AvgIpc) is 2.80. The molecule has 0 N–H and O–H groups in total. The SMILES string of the molecule is CC.COC(=O)c1cc(Cc2ccc(-c3ccc(C)cc3)cc2)cc(C(=O)OC)c1. The second-order valence-electron chi connectivity index (χ2n) is 6.64. The largest absolute Gasteiger partial charge is 0.465 e. The summed E-state index contributed by atoms with van der Waals surface area (Å²) in [7, 11) is 2.63. The zero-order valence-electron chi connectivity index (χ0n) is 18.2. The summed E-state index contributed by atoms with van der Waals surface area (Å²) in [5, 5.41) is 0. The van der Waals surface area contributed by atoms with Crippen LogP contribution in [0.25, 0.3) is 11.1 Å². The molecule has 0 radical (unpaired) electrons. The molecular formula is C26H28O4. The van der Waals surface area contributed by atoms with E-state index in [2.05, 4.69) is 55.5 Å². The number of hydrogen-bond acceptors (Lipinski definition) is 4. The van der Waals surface area contributed by atoms with E-state index in [1.54, 1.807) is 12.1 Å². The number of methoxy groups -OCH3 is 2. The standard InChI is InChI=1S/C24H22O4.C2H6/c1-16-4-8-19(9-5-16)20-10-6-17(7-11-20)12-18-13-21(23(25)27-2)15-22(14-18)24(26)28-3;1-2/h4-11,13-15H,12H2,1-3H3;1-2H3. The normalized spacial score (nSPS) is 9.90. The summed E-state index contributed by atoms with van der Waals surface area (Å²) in [6.07, 6.45) is 0.586. The second kappa shape index (κ2) is 11.0. The Morgan fingerprint density at radius 3 is 1.53 bits per heavy atom. The van der Waals surface area contributed by atoms with E-state index in [-0.39, 0.29) is 0 Å². The van der Waals surface area contributed by atoms with Crippen LogP contribution in [0.1, 0.15) is 51.3 Å². The van der Waals surface area contributed by atoms with E-state index in [0.717, 1.165) is 22.3 Å². The van der Waals surface area contributed by atoms with Crippen molar-refractivity contribution in [1.82, 2.24) is 0 Å². The Kier molecular flexibility index (Phi) is 8.36. The number of aryl methyl sites for hydroxylation is 1. The molecule has 4 nitrogen and oxygen atoms in total. The van der Waals surface area contributed by atoms with Crippen LogP contribution in [0.15, 0.2) is 66.7 Å². The highest BCUT2D eigenvalue weighted by Crippen LogP contribution is 2.22. The van der Waals surface area contributed by atoms with Gasteiger partial charge in [0.25, 0.3) is 0 Å². The Bertz CT molecular complexity index is 952. The van der Waals surface area contributed by atoms with Gasteiger partial charge in [-0.1, -0.05) is 67.9 Å².